The molecule has 0 spiro atoms. The molecule has 2 aromatic carbocycles. The van der Waals surface area contributed by atoms with E-state index in [1.54, 1.807) is 7.11 Å². The van der Waals surface area contributed by atoms with Gasteiger partial charge in [-0.2, -0.15) is 5.10 Å². The lowest BCUT2D eigenvalue weighted by Crippen LogP contribution is -2.25. The Morgan fingerprint density at radius 1 is 1.00 bits per heavy atom. The van der Waals surface area contributed by atoms with Gasteiger partial charge in [-0.3, -0.25) is 0 Å². The molecule has 0 saturated heterocycles. The summed E-state index contributed by atoms with van der Waals surface area (Å²) in [4.78, 5) is 0. The van der Waals surface area contributed by atoms with Crippen LogP contribution in [0.4, 0.5) is 0 Å². The zero-order valence-corrected chi connectivity index (χ0v) is 20.1. The number of aryl methyl sites for hydroxylation is 1. The van der Waals surface area contributed by atoms with Crippen LogP contribution in [-0.4, -0.2) is 22.9 Å². The molecular formula is C28H35N3O. The SMILES string of the molecule is COc1ccc(CN[C@@H]2C=C[C@@H](c3c(C)nn(-c4ccc(C(C)(C)C)cc4)c3C)C2)cc1. The van der Waals surface area contributed by atoms with E-state index in [9.17, 15) is 0 Å². The zero-order chi connectivity index (χ0) is 22.9. The molecule has 32 heavy (non-hydrogen) atoms. The predicted octanol–water partition coefficient (Wildman–Crippen LogP) is 6.00. The van der Waals surface area contributed by atoms with Gasteiger partial charge in [-0.05, 0) is 61.1 Å². The molecule has 1 heterocycles. The van der Waals surface area contributed by atoms with Crippen molar-refractivity contribution in [2.75, 3.05) is 7.11 Å². The van der Waals surface area contributed by atoms with Crippen LogP contribution in [-0.2, 0) is 12.0 Å². The molecule has 2 atom stereocenters. The zero-order valence-electron chi connectivity index (χ0n) is 20.1. The summed E-state index contributed by atoms with van der Waals surface area (Å²) in [5, 5.41) is 8.58. The molecule has 0 saturated carbocycles. The summed E-state index contributed by atoms with van der Waals surface area (Å²) in [5.41, 5.74) is 7.59. The fourth-order valence-corrected chi connectivity index (χ4v) is 4.60. The summed E-state index contributed by atoms with van der Waals surface area (Å²) >= 11 is 0. The summed E-state index contributed by atoms with van der Waals surface area (Å²) in [6, 6.07) is 17.5. The Bertz CT molecular complexity index is 1090. The molecule has 1 N–H and O–H groups in total. The number of nitrogens with zero attached hydrogens (tertiary/aromatic N) is 2. The number of benzene rings is 2. The fraction of sp³-hybridized carbons (Fsp3) is 0.393. The van der Waals surface area contributed by atoms with E-state index in [-0.39, 0.29) is 5.41 Å². The van der Waals surface area contributed by atoms with Gasteiger partial charge in [0.25, 0.3) is 0 Å². The third kappa shape index (κ3) is 4.66. The first-order valence-electron chi connectivity index (χ1n) is 11.5. The van der Waals surface area contributed by atoms with E-state index in [2.05, 4.69) is 93.2 Å². The highest BCUT2D eigenvalue weighted by molar-refractivity contribution is 5.43. The van der Waals surface area contributed by atoms with Gasteiger partial charge in [0.15, 0.2) is 0 Å². The van der Waals surface area contributed by atoms with Crippen molar-refractivity contribution in [3.63, 3.8) is 0 Å². The molecule has 0 bridgehead atoms. The van der Waals surface area contributed by atoms with Crippen molar-refractivity contribution >= 4 is 0 Å². The second-order valence-electron chi connectivity index (χ2n) is 9.86. The Morgan fingerprint density at radius 3 is 2.31 bits per heavy atom. The Kier molecular flexibility index (Phi) is 6.25. The number of ether oxygens (including phenoxy) is 1. The van der Waals surface area contributed by atoms with E-state index in [4.69, 9.17) is 9.84 Å². The van der Waals surface area contributed by atoms with E-state index in [1.165, 1.54) is 22.4 Å². The first kappa shape index (κ1) is 22.3. The predicted molar refractivity (Wildman–Crippen MR) is 132 cm³/mol. The molecule has 4 heteroatoms. The van der Waals surface area contributed by atoms with Gasteiger partial charge in [0.05, 0.1) is 18.5 Å². The molecule has 1 aromatic heterocycles. The van der Waals surface area contributed by atoms with E-state index in [1.807, 2.05) is 12.1 Å². The summed E-state index contributed by atoms with van der Waals surface area (Å²) in [6.45, 7) is 11.9. The highest BCUT2D eigenvalue weighted by Crippen LogP contribution is 2.34. The van der Waals surface area contributed by atoms with Crippen molar-refractivity contribution in [1.82, 2.24) is 15.1 Å². The first-order valence-corrected chi connectivity index (χ1v) is 11.5. The number of hydrogen-bond donors (Lipinski definition) is 1. The number of methoxy groups -OCH3 is 1. The van der Waals surface area contributed by atoms with Crippen LogP contribution in [0.3, 0.4) is 0 Å². The van der Waals surface area contributed by atoms with Crippen LogP contribution in [0.15, 0.2) is 60.7 Å². The number of hydrogen-bond acceptors (Lipinski definition) is 3. The minimum atomic E-state index is 0.154. The lowest BCUT2D eigenvalue weighted by molar-refractivity contribution is 0.414. The molecule has 3 aromatic rings. The molecule has 1 aliphatic carbocycles. The van der Waals surface area contributed by atoms with Gasteiger partial charge in [0, 0.05) is 29.8 Å². The first-order chi connectivity index (χ1) is 15.3. The highest BCUT2D eigenvalue weighted by atomic mass is 16.5. The standard InChI is InChI=1S/C28H35N3O/c1-19-27(20(2)31(30-19)25-13-10-23(11-14-25)28(3,4)5)22-9-12-24(17-22)29-18-21-7-15-26(32-6)16-8-21/h7-16,22,24,29H,17-18H2,1-6H3/t22-,24-/m1/s1. The van der Waals surface area contributed by atoms with Gasteiger partial charge < -0.3 is 10.1 Å². The van der Waals surface area contributed by atoms with E-state index in [0.717, 1.165) is 30.1 Å². The second-order valence-corrected chi connectivity index (χ2v) is 9.86. The maximum atomic E-state index is 5.25. The lowest BCUT2D eigenvalue weighted by atomic mass is 9.87. The van der Waals surface area contributed by atoms with Crippen molar-refractivity contribution in [2.24, 2.45) is 0 Å². The largest absolute Gasteiger partial charge is 0.497 e. The van der Waals surface area contributed by atoms with Gasteiger partial charge >= 0.3 is 0 Å². The van der Waals surface area contributed by atoms with Gasteiger partial charge in [0.2, 0.25) is 0 Å². The van der Waals surface area contributed by atoms with Crippen LogP contribution in [0.2, 0.25) is 0 Å². The van der Waals surface area contributed by atoms with Crippen molar-refractivity contribution in [3.05, 3.63) is 88.8 Å². The van der Waals surface area contributed by atoms with Gasteiger partial charge in [-0.15, -0.1) is 0 Å². The van der Waals surface area contributed by atoms with Crippen LogP contribution < -0.4 is 10.1 Å². The lowest BCUT2D eigenvalue weighted by Gasteiger charge is -2.19. The number of allylic oxidation sites excluding steroid dienone is 1. The minimum Gasteiger partial charge on any atom is -0.497 e. The molecule has 0 aliphatic heterocycles. The molecule has 168 valence electrons. The molecule has 4 nitrogen and oxygen atoms in total. The maximum Gasteiger partial charge on any atom is 0.118 e. The quantitative estimate of drug-likeness (QED) is 0.489. The van der Waals surface area contributed by atoms with Crippen LogP contribution in [0.1, 0.15) is 61.2 Å². The summed E-state index contributed by atoms with van der Waals surface area (Å²) < 4.78 is 7.35. The average Bonchev–Trinajstić information content (AvgIpc) is 3.35. The molecule has 1 aliphatic rings. The van der Waals surface area contributed by atoms with E-state index >= 15 is 0 Å². The van der Waals surface area contributed by atoms with Gasteiger partial charge in [-0.25, -0.2) is 4.68 Å². The van der Waals surface area contributed by atoms with Crippen molar-refractivity contribution in [2.45, 2.75) is 65.0 Å². The molecule has 0 unspecified atom stereocenters. The third-order valence-electron chi connectivity index (χ3n) is 6.51. The Morgan fingerprint density at radius 2 is 1.69 bits per heavy atom. The molecular weight excluding hydrogens is 394 g/mol. The van der Waals surface area contributed by atoms with Crippen molar-refractivity contribution < 1.29 is 4.74 Å². The fourth-order valence-electron chi connectivity index (χ4n) is 4.60. The van der Waals surface area contributed by atoms with Gasteiger partial charge in [0.1, 0.15) is 5.75 Å². The number of rotatable bonds is 6. The van der Waals surface area contributed by atoms with E-state index < -0.39 is 0 Å². The van der Waals surface area contributed by atoms with E-state index in [0.29, 0.717) is 12.0 Å². The Labute approximate surface area is 192 Å². The highest BCUT2D eigenvalue weighted by Gasteiger charge is 2.26. The molecule has 0 radical (unpaired) electrons. The van der Waals surface area contributed by atoms with Crippen LogP contribution in [0.5, 0.6) is 5.75 Å². The Balaban J connectivity index is 1.44. The smallest absolute Gasteiger partial charge is 0.118 e. The minimum absolute atomic E-state index is 0.154. The van der Waals surface area contributed by atoms with Crippen molar-refractivity contribution in [3.8, 4) is 11.4 Å². The maximum absolute atomic E-state index is 5.25. The van der Waals surface area contributed by atoms with Crippen LogP contribution in [0, 0.1) is 13.8 Å². The number of nitrogens with one attached hydrogen (secondary N) is 1. The molecule has 4 rings (SSSR count). The molecule has 0 fully saturated rings. The van der Waals surface area contributed by atoms with Gasteiger partial charge in [-0.1, -0.05) is 57.2 Å². The van der Waals surface area contributed by atoms with Crippen molar-refractivity contribution in [1.29, 1.82) is 0 Å². The average molecular weight is 430 g/mol. The normalized spacial score (nSPS) is 18.3. The molecule has 0 amide bonds. The topological polar surface area (TPSA) is 39.1 Å². The summed E-state index contributed by atoms with van der Waals surface area (Å²) in [7, 11) is 1.70. The monoisotopic (exact) mass is 429 g/mol. The Hall–Kier alpha value is -2.85. The summed E-state index contributed by atoms with van der Waals surface area (Å²) in [5.74, 6) is 1.29. The second kappa shape index (κ2) is 8.95. The van der Waals surface area contributed by atoms with Crippen LogP contribution >= 0.6 is 0 Å². The number of aromatic nitrogens is 2. The third-order valence-corrected chi connectivity index (χ3v) is 6.51. The van der Waals surface area contributed by atoms with Crippen LogP contribution in [0.25, 0.3) is 5.69 Å². The summed E-state index contributed by atoms with van der Waals surface area (Å²) in [6.07, 6.45) is 5.71.